The Balaban J connectivity index is 1.99. The van der Waals surface area contributed by atoms with E-state index < -0.39 is 65.9 Å². The summed E-state index contributed by atoms with van der Waals surface area (Å²) >= 11 is 0. The molecule has 1 aromatic heterocycles. The number of cyclic esters (lactones) is 1. The molecular weight excluding hydrogens is 492 g/mol. The van der Waals surface area contributed by atoms with Crippen molar-refractivity contribution >= 4 is 23.7 Å². The van der Waals surface area contributed by atoms with Gasteiger partial charge in [-0.15, -0.1) is 0 Å². The Morgan fingerprint density at radius 2 is 1.74 bits per heavy atom. The predicted molar refractivity (Wildman–Crippen MR) is 137 cm³/mol. The van der Waals surface area contributed by atoms with Gasteiger partial charge in [0.1, 0.15) is 11.8 Å². The zero-order valence-electron chi connectivity index (χ0n) is 21.8. The molecule has 3 amide bonds. The minimum Gasteiger partial charge on any atom is -0.505 e. The summed E-state index contributed by atoms with van der Waals surface area (Å²) in [5.74, 6) is -4.84. The smallest absolute Gasteiger partial charge is 0.312 e. The van der Waals surface area contributed by atoms with E-state index >= 15 is 0 Å². The fraction of sp³-hybridized carbons (Fsp3) is 0.444. The molecule has 1 fully saturated rings. The second-order valence-electron chi connectivity index (χ2n) is 9.81. The molecule has 38 heavy (non-hydrogen) atoms. The van der Waals surface area contributed by atoms with Crippen molar-refractivity contribution in [1.29, 1.82) is 0 Å². The van der Waals surface area contributed by atoms with E-state index in [1.165, 1.54) is 32.2 Å². The maximum Gasteiger partial charge on any atom is 0.312 e. The first-order valence-electron chi connectivity index (χ1n) is 12.5. The Morgan fingerprint density at radius 3 is 2.37 bits per heavy atom. The molecule has 0 radical (unpaired) electrons. The lowest BCUT2D eigenvalue weighted by Crippen LogP contribution is -2.62. The molecule has 2 aromatic rings. The SMILES string of the molecule is CC(C)C1OC(=O)C(C)C(O)C(Cc2ccccc2)NC(=O)C(NC(=O)c2ncccc2O)C(C)NC1=O. The van der Waals surface area contributed by atoms with Crippen LogP contribution in [0.2, 0.25) is 0 Å². The van der Waals surface area contributed by atoms with Crippen molar-refractivity contribution in [3.63, 3.8) is 0 Å². The van der Waals surface area contributed by atoms with Gasteiger partial charge in [0.2, 0.25) is 5.91 Å². The van der Waals surface area contributed by atoms with Crippen molar-refractivity contribution in [3.8, 4) is 5.75 Å². The molecule has 1 aliphatic rings. The van der Waals surface area contributed by atoms with Gasteiger partial charge in [0.05, 0.1) is 24.1 Å². The zero-order chi connectivity index (χ0) is 28.0. The molecule has 2 heterocycles. The van der Waals surface area contributed by atoms with Gasteiger partial charge in [-0.25, -0.2) is 4.98 Å². The van der Waals surface area contributed by atoms with E-state index in [2.05, 4.69) is 20.9 Å². The summed E-state index contributed by atoms with van der Waals surface area (Å²) in [5.41, 5.74) is 0.498. The molecule has 1 saturated heterocycles. The predicted octanol–water partition coefficient (Wildman–Crippen LogP) is 0.696. The van der Waals surface area contributed by atoms with E-state index in [-0.39, 0.29) is 17.9 Å². The molecule has 0 bridgehead atoms. The molecule has 204 valence electrons. The first-order chi connectivity index (χ1) is 18.0. The average Bonchev–Trinajstić information content (AvgIpc) is 2.88. The summed E-state index contributed by atoms with van der Waals surface area (Å²) in [6.45, 7) is 6.37. The third kappa shape index (κ3) is 6.86. The highest BCUT2D eigenvalue weighted by Crippen LogP contribution is 2.19. The maximum absolute atomic E-state index is 13.6. The van der Waals surface area contributed by atoms with Gasteiger partial charge >= 0.3 is 5.97 Å². The summed E-state index contributed by atoms with van der Waals surface area (Å²) in [7, 11) is 0. The summed E-state index contributed by atoms with van der Waals surface area (Å²) in [6, 6.07) is 8.58. The number of aromatic nitrogens is 1. The fourth-order valence-electron chi connectivity index (χ4n) is 4.20. The zero-order valence-corrected chi connectivity index (χ0v) is 21.8. The number of carbonyl (C=O) groups is 4. The van der Waals surface area contributed by atoms with E-state index in [1.54, 1.807) is 13.8 Å². The number of ether oxygens (including phenoxy) is 1. The van der Waals surface area contributed by atoms with Crippen LogP contribution in [0.4, 0.5) is 0 Å². The number of hydrogen-bond acceptors (Lipinski definition) is 8. The van der Waals surface area contributed by atoms with Gasteiger partial charge in [0, 0.05) is 6.20 Å². The number of carbonyl (C=O) groups excluding carboxylic acids is 4. The Labute approximate surface area is 221 Å². The van der Waals surface area contributed by atoms with Crippen LogP contribution in [0.1, 0.15) is 43.7 Å². The Hall–Kier alpha value is -3.99. The lowest BCUT2D eigenvalue weighted by molar-refractivity contribution is -0.166. The van der Waals surface area contributed by atoms with Gasteiger partial charge in [-0.3, -0.25) is 19.2 Å². The number of benzene rings is 1. The van der Waals surface area contributed by atoms with Crippen molar-refractivity contribution in [2.45, 2.75) is 64.4 Å². The van der Waals surface area contributed by atoms with Crippen molar-refractivity contribution in [3.05, 3.63) is 59.9 Å². The molecule has 0 saturated carbocycles. The van der Waals surface area contributed by atoms with Gasteiger partial charge in [-0.2, -0.15) is 0 Å². The number of hydrogen-bond donors (Lipinski definition) is 5. The molecule has 5 N–H and O–H groups in total. The maximum atomic E-state index is 13.6. The van der Waals surface area contributed by atoms with Crippen molar-refractivity contribution < 1.29 is 34.1 Å². The number of nitrogens with one attached hydrogen (secondary N) is 3. The first kappa shape index (κ1) is 28.6. The van der Waals surface area contributed by atoms with Crippen molar-refractivity contribution in [2.75, 3.05) is 0 Å². The fourth-order valence-corrected chi connectivity index (χ4v) is 4.20. The molecule has 11 heteroatoms. The number of aromatic hydroxyl groups is 1. The monoisotopic (exact) mass is 526 g/mol. The highest BCUT2D eigenvalue weighted by atomic mass is 16.5. The molecule has 6 unspecified atom stereocenters. The van der Waals surface area contributed by atoms with Crippen LogP contribution >= 0.6 is 0 Å². The third-order valence-corrected chi connectivity index (χ3v) is 6.47. The molecule has 1 aromatic carbocycles. The average molecular weight is 527 g/mol. The second kappa shape index (κ2) is 12.5. The number of aliphatic hydroxyl groups excluding tert-OH is 1. The second-order valence-corrected chi connectivity index (χ2v) is 9.81. The van der Waals surface area contributed by atoms with Crippen LogP contribution in [-0.4, -0.2) is 69.2 Å². The van der Waals surface area contributed by atoms with Gasteiger partial charge in [-0.05, 0) is 43.9 Å². The topological polar surface area (TPSA) is 167 Å². The van der Waals surface area contributed by atoms with E-state index in [1.807, 2.05) is 30.3 Å². The Kier molecular flexibility index (Phi) is 9.40. The number of aliphatic hydroxyl groups is 1. The van der Waals surface area contributed by atoms with E-state index in [4.69, 9.17) is 4.74 Å². The summed E-state index contributed by atoms with van der Waals surface area (Å²) in [6.07, 6.45) is -1.06. The van der Waals surface area contributed by atoms with Crippen LogP contribution < -0.4 is 16.0 Å². The number of amides is 3. The number of rotatable bonds is 5. The molecule has 3 rings (SSSR count). The highest BCUT2D eigenvalue weighted by Gasteiger charge is 2.39. The van der Waals surface area contributed by atoms with Gasteiger partial charge in [0.25, 0.3) is 11.8 Å². The molecule has 0 aliphatic carbocycles. The van der Waals surface area contributed by atoms with E-state index in [0.717, 1.165) is 5.56 Å². The summed E-state index contributed by atoms with van der Waals surface area (Å²) < 4.78 is 5.50. The Bertz CT molecular complexity index is 1160. The number of pyridine rings is 1. The minimum absolute atomic E-state index is 0.182. The first-order valence-corrected chi connectivity index (χ1v) is 12.5. The Morgan fingerprint density at radius 1 is 1.05 bits per heavy atom. The van der Waals surface area contributed by atoms with Crippen LogP contribution in [0, 0.1) is 11.8 Å². The highest BCUT2D eigenvalue weighted by molar-refractivity contribution is 5.98. The quantitative estimate of drug-likeness (QED) is 0.355. The third-order valence-electron chi connectivity index (χ3n) is 6.47. The number of nitrogens with zero attached hydrogens (tertiary/aromatic N) is 1. The minimum atomic E-state index is -1.37. The van der Waals surface area contributed by atoms with Gasteiger partial charge in [-0.1, -0.05) is 44.2 Å². The van der Waals surface area contributed by atoms with Crippen LogP contribution in [0.15, 0.2) is 48.7 Å². The molecule has 0 spiro atoms. The van der Waals surface area contributed by atoms with Crippen molar-refractivity contribution in [1.82, 2.24) is 20.9 Å². The van der Waals surface area contributed by atoms with Gasteiger partial charge < -0.3 is 30.9 Å². The normalized spacial score (nSPS) is 26.8. The molecule has 1 aliphatic heterocycles. The molecular formula is C27H34N4O7. The van der Waals surface area contributed by atoms with Gasteiger partial charge in [0.15, 0.2) is 11.8 Å². The van der Waals surface area contributed by atoms with Crippen LogP contribution in [-0.2, 0) is 25.5 Å². The van der Waals surface area contributed by atoms with Crippen LogP contribution in [0.25, 0.3) is 0 Å². The lowest BCUT2D eigenvalue weighted by atomic mass is 9.92. The van der Waals surface area contributed by atoms with Crippen LogP contribution in [0.3, 0.4) is 0 Å². The lowest BCUT2D eigenvalue weighted by Gasteiger charge is -2.34. The number of esters is 1. The summed E-state index contributed by atoms with van der Waals surface area (Å²) in [5, 5.41) is 29.1. The summed E-state index contributed by atoms with van der Waals surface area (Å²) in [4.78, 5) is 56.3. The molecule has 11 nitrogen and oxygen atoms in total. The largest absolute Gasteiger partial charge is 0.505 e. The van der Waals surface area contributed by atoms with Crippen LogP contribution in [0.5, 0.6) is 5.75 Å². The van der Waals surface area contributed by atoms with E-state index in [0.29, 0.717) is 0 Å². The molecule has 6 atom stereocenters. The van der Waals surface area contributed by atoms with Crippen molar-refractivity contribution in [2.24, 2.45) is 11.8 Å². The standard InChI is InChI=1S/C27H34N4O7/c1-14(2)23-26(36)29-16(4)20(31-25(35)21-19(32)11-8-12-28-21)24(34)30-18(13-17-9-6-5-7-10-17)22(33)15(3)27(37)38-23/h5-12,14-16,18,20,22-23,32-33H,13H2,1-4H3,(H,29,36)(H,30,34)(H,31,35). The van der Waals surface area contributed by atoms with E-state index in [9.17, 15) is 29.4 Å².